The van der Waals surface area contributed by atoms with E-state index < -0.39 is 0 Å². The third kappa shape index (κ3) is 4.48. The second-order valence-corrected chi connectivity index (χ2v) is 5.15. The van der Waals surface area contributed by atoms with E-state index in [0.29, 0.717) is 16.3 Å². The number of nitrogen functional groups attached to an aromatic ring is 1. The quantitative estimate of drug-likeness (QED) is 0.811. The average Bonchev–Trinajstić information content (AvgIpc) is 2.27. The Balaban J connectivity index is 2.75. The van der Waals surface area contributed by atoms with E-state index in [-0.39, 0.29) is 11.9 Å². The largest absolute Gasteiger partial charge is 0.399 e. The van der Waals surface area contributed by atoms with Crippen molar-refractivity contribution in [2.24, 2.45) is 0 Å². The van der Waals surface area contributed by atoms with Crippen LogP contribution < -0.4 is 11.1 Å². The van der Waals surface area contributed by atoms with Gasteiger partial charge < -0.3 is 11.1 Å². The minimum atomic E-state index is -0.125. The number of hydrogen-bond donors (Lipinski definition) is 2. The van der Waals surface area contributed by atoms with E-state index in [9.17, 15) is 4.79 Å². The number of benzene rings is 1. The molecule has 17 heavy (non-hydrogen) atoms. The summed E-state index contributed by atoms with van der Waals surface area (Å²) in [5.41, 5.74) is 6.66. The molecule has 0 saturated carbocycles. The number of thioether (sulfide) groups is 1. The van der Waals surface area contributed by atoms with Gasteiger partial charge in [-0.15, -0.1) is 0 Å². The summed E-state index contributed by atoms with van der Waals surface area (Å²) < 4.78 is 0. The fraction of sp³-hybridized carbons (Fsp3) is 0.417. The van der Waals surface area contributed by atoms with Crippen molar-refractivity contribution in [1.82, 2.24) is 5.32 Å². The van der Waals surface area contributed by atoms with Gasteiger partial charge in [0.25, 0.3) is 5.91 Å². The zero-order valence-corrected chi connectivity index (χ0v) is 11.6. The molecule has 0 heterocycles. The Labute approximate surface area is 111 Å². The third-order valence-corrected chi connectivity index (χ3v) is 3.33. The number of hydrogen-bond acceptors (Lipinski definition) is 3. The van der Waals surface area contributed by atoms with E-state index in [2.05, 4.69) is 5.32 Å². The fourth-order valence-corrected chi connectivity index (χ4v) is 2.44. The molecule has 1 amide bonds. The summed E-state index contributed by atoms with van der Waals surface area (Å²) in [5.74, 6) is 0.776. The van der Waals surface area contributed by atoms with Gasteiger partial charge >= 0.3 is 0 Å². The number of amides is 1. The molecular weight excluding hydrogens is 256 g/mol. The molecule has 0 radical (unpaired) electrons. The number of carbonyl (C=O) groups is 1. The van der Waals surface area contributed by atoms with E-state index >= 15 is 0 Å². The highest BCUT2D eigenvalue weighted by molar-refractivity contribution is 7.98. The maximum Gasteiger partial charge on any atom is 0.251 e. The first-order valence-electron chi connectivity index (χ1n) is 5.42. The van der Waals surface area contributed by atoms with Crippen molar-refractivity contribution in [3.8, 4) is 0 Å². The molecule has 0 spiro atoms. The average molecular weight is 273 g/mol. The van der Waals surface area contributed by atoms with E-state index in [1.165, 1.54) is 0 Å². The van der Waals surface area contributed by atoms with Crippen molar-refractivity contribution in [3.05, 3.63) is 28.8 Å². The fourth-order valence-electron chi connectivity index (χ4n) is 1.47. The van der Waals surface area contributed by atoms with Crippen molar-refractivity contribution < 1.29 is 4.79 Å². The Morgan fingerprint density at radius 3 is 2.76 bits per heavy atom. The highest BCUT2D eigenvalue weighted by atomic mass is 35.5. The van der Waals surface area contributed by atoms with Gasteiger partial charge in [0.15, 0.2) is 0 Å². The predicted molar refractivity (Wildman–Crippen MR) is 75.8 cm³/mol. The van der Waals surface area contributed by atoms with Gasteiger partial charge in [-0.3, -0.25) is 4.79 Å². The molecule has 1 unspecified atom stereocenters. The zero-order chi connectivity index (χ0) is 12.8. The number of nitrogens with two attached hydrogens (primary N) is 1. The first-order valence-corrected chi connectivity index (χ1v) is 7.19. The van der Waals surface area contributed by atoms with Gasteiger partial charge in [-0.1, -0.05) is 18.5 Å². The molecule has 0 aliphatic rings. The number of anilines is 1. The van der Waals surface area contributed by atoms with Crippen molar-refractivity contribution in [1.29, 1.82) is 0 Å². The van der Waals surface area contributed by atoms with Gasteiger partial charge in [0.05, 0.1) is 0 Å². The number of rotatable bonds is 5. The van der Waals surface area contributed by atoms with E-state index in [1.807, 2.05) is 13.2 Å². The topological polar surface area (TPSA) is 55.1 Å². The highest BCUT2D eigenvalue weighted by Crippen LogP contribution is 2.16. The summed E-state index contributed by atoms with van der Waals surface area (Å²) in [5, 5.41) is 3.44. The molecule has 0 aromatic heterocycles. The molecule has 0 aliphatic heterocycles. The molecule has 1 aromatic carbocycles. The monoisotopic (exact) mass is 272 g/mol. The van der Waals surface area contributed by atoms with Crippen LogP contribution in [0.2, 0.25) is 5.02 Å². The molecule has 3 nitrogen and oxygen atoms in total. The molecule has 3 N–H and O–H groups in total. The van der Waals surface area contributed by atoms with Gasteiger partial charge in [0, 0.05) is 28.1 Å². The van der Waals surface area contributed by atoms with Crippen LogP contribution in [-0.4, -0.2) is 24.0 Å². The summed E-state index contributed by atoms with van der Waals surface area (Å²) >= 11 is 7.57. The van der Waals surface area contributed by atoms with Crippen LogP contribution in [0.3, 0.4) is 0 Å². The molecule has 5 heteroatoms. The van der Waals surface area contributed by atoms with Crippen molar-refractivity contribution in [2.45, 2.75) is 19.4 Å². The van der Waals surface area contributed by atoms with Gasteiger partial charge in [0.1, 0.15) is 0 Å². The lowest BCUT2D eigenvalue weighted by molar-refractivity contribution is 0.0940. The molecule has 94 valence electrons. The maximum atomic E-state index is 12.0. The lowest BCUT2D eigenvalue weighted by atomic mass is 10.1. The van der Waals surface area contributed by atoms with E-state index in [4.69, 9.17) is 17.3 Å². The van der Waals surface area contributed by atoms with Crippen molar-refractivity contribution >= 4 is 35.0 Å². The summed E-state index contributed by atoms with van der Waals surface area (Å²) in [6, 6.07) is 5.06. The minimum absolute atomic E-state index is 0.125. The SMILES string of the molecule is CCC(CSC)NC(=O)c1cc(N)cc(Cl)c1. The van der Waals surface area contributed by atoms with Crippen LogP contribution in [0.4, 0.5) is 5.69 Å². The van der Waals surface area contributed by atoms with Crippen LogP contribution in [0.5, 0.6) is 0 Å². The predicted octanol–water partition coefficient (Wildman–Crippen LogP) is 2.79. The minimum Gasteiger partial charge on any atom is -0.399 e. The van der Waals surface area contributed by atoms with Crippen molar-refractivity contribution in [2.75, 3.05) is 17.7 Å². The Bertz CT molecular complexity index is 378. The molecule has 0 aliphatic carbocycles. The number of nitrogens with one attached hydrogen (secondary N) is 1. The zero-order valence-electron chi connectivity index (χ0n) is 10.00. The Kier molecular flexibility index (Phi) is 5.65. The van der Waals surface area contributed by atoms with Crippen LogP contribution in [0.15, 0.2) is 18.2 Å². The van der Waals surface area contributed by atoms with Crippen molar-refractivity contribution in [3.63, 3.8) is 0 Å². The van der Waals surface area contributed by atoms with Gasteiger partial charge in [-0.2, -0.15) is 11.8 Å². The van der Waals surface area contributed by atoms with E-state index in [1.54, 1.807) is 30.0 Å². The number of carbonyl (C=O) groups excluding carboxylic acids is 1. The van der Waals surface area contributed by atoms with Crippen LogP contribution in [-0.2, 0) is 0 Å². The van der Waals surface area contributed by atoms with Crippen LogP contribution in [0.25, 0.3) is 0 Å². The maximum absolute atomic E-state index is 12.0. The van der Waals surface area contributed by atoms with Crippen LogP contribution in [0, 0.1) is 0 Å². The molecule has 0 saturated heterocycles. The highest BCUT2D eigenvalue weighted by Gasteiger charge is 2.12. The molecule has 0 fully saturated rings. The summed E-state index contributed by atoms with van der Waals surface area (Å²) in [7, 11) is 0. The number of halogens is 1. The standard InChI is InChI=1S/C12H17ClN2OS/c1-3-11(7-17-2)15-12(16)8-4-9(13)6-10(14)5-8/h4-6,11H,3,7,14H2,1-2H3,(H,15,16). The Morgan fingerprint density at radius 2 is 2.24 bits per heavy atom. The summed E-state index contributed by atoms with van der Waals surface area (Å²) in [4.78, 5) is 12.0. The molecular formula is C12H17ClN2OS. The molecule has 0 bridgehead atoms. The Morgan fingerprint density at radius 1 is 1.53 bits per heavy atom. The van der Waals surface area contributed by atoms with Crippen LogP contribution in [0.1, 0.15) is 23.7 Å². The van der Waals surface area contributed by atoms with Gasteiger partial charge in [-0.25, -0.2) is 0 Å². The molecule has 1 aromatic rings. The lowest BCUT2D eigenvalue weighted by Crippen LogP contribution is -2.36. The van der Waals surface area contributed by atoms with Gasteiger partial charge in [-0.05, 0) is 30.9 Å². The third-order valence-electron chi connectivity index (χ3n) is 2.38. The molecule has 1 rings (SSSR count). The normalized spacial score (nSPS) is 12.2. The first-order chi connectivity index (χ1) is 8.06. The smallest absolute Gasteiger partial charge is 0.251 e. The summed E-state index contributed by atoms with van der Waals surface area (Å²) in [6.07, 6.45) is 2.93. The first kappa shape index (κ1) is 14.2. The van der Waals surface area contributed by atoms with E-state index in [0.717, 1.165) is 12.2 Å². The second-order valence-electron chi connectivity index (χ2n) is 3.81. The summed E-state index contributed by atoms with van der Waals surface area (Å²) in [6.45, 7) is 2.05. The van der Waals surface area contributed by atoms with Gasteiger partial charge in [0.2, 0.25) is 0 Å². The Hall–Kier alpha value is -0.870. The second kappa shape index (κ2) is 6.77. The lowest BCUT2D eigenvalue weighted by Gasteiger charge is -2.16. The van der Waals surface area contributed by atoms with Crippen LogP contribution >= 0.6 is 23.4 Å². The molecule has 1 atom stereocenters.